The first-order valence-electron chi connectivity index (χ1n) is 10.7. The number of ketones is 1. The maximum atomic E-state index is 12.0. The number of aromatic hydroxyl groups is 1. The molecule has 0 spiro atoms. The number of ether oxygens (including phenoxy) is 5. The number of phenols is 1. The molecular weight excluding hydrogens is 476 g/mol. The van der Waals surface area contributed by atoms with E-state index >= 15 is 0 Å². The molecule has 1 aromatic carbocycles. The van der Waals surface area contributed by atoms with Gasteiger partial charge < -0.3 is 64.5 Å². The summed E-state index contributed by atoms with van der Waals surface area (Å²) in [5.74, 6) is -1.14. The van der Waals surface area contributed by atoms with Gasteiger partial charge in [-0.05, 0) is 6.92 Å². The standard InChI is InChI=1S/C21H30O14/c1-7(23)13-9(24)3-8(31-2)4-10(13)33-21-19(30)17(28)15(26)12(35-21)6-32-20-18(29)16(27)14(25)11(5-22)34-20/h3-4,11-12,14-22,24-30H,5-6H2,1-2H3/t11-,12-,14-,15-,16+,17+,18-,19-,20+,21-/m1/s1. The zero-order chi connectivity index (χ0) is 26.0. The molecule has 0 saturated carbocycles. The summed E-state index contributed by atoms with van der Waals surface area (Å²) >= 11 is 0. The minimum absolute atomic E-state index is 0.121. The molecule has 1 aromatic rings. The van der Waals surface area contributed by atoms with Crippen LogP contribution in [-0.2, 0) is 14.2 Å². The Balaban J connectivity index is 1.76. The van der Waals surface area contributed by atoms with Crippen LogP contribution in [0.15, 0.2) is 12.1 Å². The molecule has 2 fully saturated rings. The maximum Gasteiger partial charge on any atom is 0.229 e. The van der Waals surface area contributed by atoms with E-state index < -0.39 is 86.2 Å². The van der Waals surface area contributed by atoms with Crippen molar-refractivity contribution in [2.45, 2.75) is 68.3 Å². The molecule has 0 radical (unpaired) electrons. The van der Waals surface area contributed by atoms with Gasteiger partial charge in [0.2, 0.25) is 6.29 Å². The molecule has 2 aliphatic rings. The molecule has 3 rings (SSSR count). The minimum Gasteiger partial charge on any atom is -0.507 e. The predicted molar refractivity (Wildman–Crippen MR) is 112 cm³/mol. The lowest BCUT2D eigenvalue weighted by molar-refractivity contribution is -0.323. The number of rotatable bonds is 8. The Hall–Kier alpha value is -2.11. The molecule has 198 valence electrons. The number of benzene rings is 1. The molecule has 8 N–H and O–H groups in total. The van der Waals surface area contributed by atoms with E-state index in [1.54, 1.807) is 0 Å². The van der Waals surface area contributed by atoms with Crippen molar-refractivity contribution in [3.63, 3.8) is 0 Å². The molecular formula is C21H30O14. The van der Waals surface area contributed by atoms with E-state index in [4.69, 9.17) is 23.7 Å². The molecule has 2 saturated heterocycles. The summed E-state index contributed by atoms with van der Waals surface area (Å²) in [5.41, 5.74) is -0.240. The third kappa shape index (κ3) is 5.67. The van der Waals surface area contributed by atoms with Gasteiger partial charge in [0.25, 0.3) is 0 Å². The molecule has 14 nitrogen and oxygen atoms in total. The second-order valence-electron chi connectivity index (χ2n) is 8.24. The first-order valence-corrected chi connectivity index (χ1v) is 10.7. The van der Waals surface area contributed by atoms with Crippen molar-refractivity contribution >= 4 is 5.78 Å². The number of hydrogen-bond donors (Lipinski definition) is 8. The summed E-state index contributed by atoms with van der Waals surface area (Å²) in [6.07, 6.45) is -16.1. The van der Waals surface area contributed by atoms with Crippen LogP contribution in [0.2, 0.25) is 0 Å². The third-order valence-corrected chi connectivity index (χ3v) is 5.83. The molecule has 0 aromatic heterocycles. The van der Waals surface area contributed by atoms with E-state index in [0.717, 1.165) is 0 Å². The topological polar surface area (TPSA) is 225 Å². The average molecular weight is 506 g/mol. The van der Waals surface area contributed by atoms with Crippen LogP contribution < -0.4 is 9.47 Å². The first-order chi connectivity index (χ1) is 16.5. The number of phenolic OH excluding ortho intramolecular Hbond substituents is 1. The number of hydrogen-bond acceptors (Lipinski definition) is 14. The van der Waals surface area contributed by atoms with E-state index in [0.29, 0.717) is 0 Å². The average Bonchev–Trinajstić information content (AvgIpc) is 2.82. The number of aliphatic hydroxyl groups is 7. The van der Waals surface area contributed by atoms with Gasteiger partial charge in [0.15, 0.2) is 12.1 Å². The quantitative estimate of drug-likeness (QED) is 0.161. The summed E-state index contributed by atoms with van der Waals surface area (Å²) in [7, 11) is 1.31. The molecule has 0 amide bonds. The number of carbonyl (C=O) groups excluding carboxylic acids is 1. The van der Waals surface area contributed by atoms with E-state index in [2.05, 4.69) is 0 Å². The Morgan fingerprint density at radius 1 is 0.886 bits per heavy atom. The van der Waals surface area contributed by atoms with Crippen LogP contribution in [-0.4, -0.2) is 128 Å². The molecule has 0 bridgehead atoms. The van der Waals surface area contributed by atoms with E-state index in [1.807, 2.05) is 0 Å². The highest BCUT2D eigenvalue weighted by atomic mass is 16.7. The summed E-state index contributed by atoms with van der Waals surface area (Å²) in [6.45, 7) is -0.0707. The number of carbonyl (C=O) groups is 1. The first kappa shape index (κ1) is 27.5. The lowest BCUT2D eigenvalue weighted by Gasteiger charge is -2.42. The third-order valence-electron chi connectivity index (χ3n) is 5.83. The fourth-order valence-corrected chi connectivity index (χ4v) is 3.81. The molecule has 35 heavy (non-hydrogen) atoms. The Bertz CT molecular complexity index is 878. The normalized spacial score (nSPS) is 37.6. The molecule has 0 unspecified atom stereocenters. The van der Waals surface area contributed by atoms with Gasteiger partial charge in [-0.25, -0.2) is 0 Å². The molecule has 10 atom stereocenters. The summed E-state index contributed by atoms with van der Waals surface area (Å²) in [5, 5.41) is 80.2. The van der Waals surface area contributed by atoms with Crippen molar-refractivity contribution in [2.24, 2.45) is 0 Å². The highest BCUT2D eigenvalue weighted by Gasteiger charge is 2.48. The second-order valence-corrected chi connectivity index (χ2v) is 8.24. The van der Waals surface area contributed by atoms with Gasteiger partial charge in [0, 0.05) is 12.1 Å². The van der Waals surface area contributed by atoms with Crippen molar-refractivity contribution in [1.82, 2.24) is 0 Å². The van der Waals surface area contributed by atoms with Crippen LogP contribution in [0.3, 0.4) is 0 Å². The van der Waals surface area contributed by atoms with Crippen molar-refractivity contribution in [3.05, 3.63) is 17.7 Å². The van der Waals surface area contributed by atoms with Crippen molar-refractivity contribution in [3.8, 4) is 17.2 Å². The zero-order valence-corrected chi connectivity index (χ0v) is 18.9. The van der Waals surface area contributed by atoms with Crippen LogP contribution >= 0.6 is 0 Å². The van der Waals surface area contributed by atoms with Gasteiger partial charge in [-0.3, -0.25) is 4.79 Å². The van der Waals surface area contributed by atoms with E-state index in [-0.39, 0.29) is 17.1 Å². The fourth-order valence-electron chi connectivity index (χ4n) is 3.81. The summed E-state index contributed by atoms with van der Waals surface area (Å²) < 4.78 is 26.7. The smallest absolute Gasteiger partial charge is 0.229 e. The SMILES string of the molecule is COc1cc(O)c(C(C)=O)c(O[C@@H]2O[C@H](CO[C@H]3O[C@H](CO)[C@@H](O)[C@H](O)[C@H]3O)[C@@H](O)[C@H](O)[C@H]2O)c1. The molecule has 2 aliphatic heterocycles. The van der Waals surface area contributed by atoms with Gasteiger partial charge in [-0.2, -0.15) is 0 Å². The van der Waals surface area contributed by atoms with Crippen molar-refractivity contribution < 1.29 is 69.3 Å². The Labute approximate surface area is 199 Å². The van der Waals surface area contributed by atoms with Gasteiger partial charge >= 0.3 is 0 Å². The zero-order valence-electron chi connectivity index (χ0n) is 18.9. The van der Waals surface area contributed by atoms with Crippen LogP contribution in [0.5, 0.6) is 17.2 Å². The van der Waals surface area contributed by atoms with Crippen LogP contribution in [0, 0.1) is 0 Å². The lowest BCUT2D eigenvalue weighted by Crippen LogP contribution is -2.62. The van der Waals surface area contributed by atoms with Crippen molar-refractivity contribution in [2.75, 3.05) is 20.3 Å². The van der Waals surface area contributed by atoms with Crippen LogP contribution in [0.1, 0.15) is 17.3 Å². The van der Waals surface area contributed by atoms with Gasteiger partial charge in [0.1, 0.15) is 71.6 Å². The fraction of sp³-hybridized carbons (Fsp3) is 0.667. The maximum absolute atomic E-state index is 12.0. The second kappa shape index (κ2) is 11.3. The van der Waals surface area contributed by atoms with Crippen LogP contribution in [0.25, 0.3) is 0 Å². The van der Waals surface area contributed by atoms with Gasteiger partial charge in [0.05, 0.1) is 20.3 Å². The summed E-state index contributed by atoms with van der Waals surface area (Å²) in [4.78, 5) is 12.0. The predicted octanol–water partition coefficient (Wildman–Crippen LogP) is -3.39. The Morgan fingerprint density at radius 3 is 2.03 bits per heavy atom. The molecule has 0 aliphatic carbocycles. The minimum atomic E-state index is -1.79. The molecule has 2 heterocycles. The Morgan fingerprint density at radius 2 is 1.46 bits per heavy atom. The largest absolute Gasteiger partial charge is 0.507 e. The lowest BCUT2D eigenvalue weighted by atomic mass is 9.98. The van der Waals surface area contributed by atoms with Crippen molar-refractivity contribution in [1.29, 1.82) is 0 Å². The van der Waals surface area contributed by atoms with E-state index in [1.165, 1.54) is 26.2 Å². The molecule has 14 heteroatoms. The monoisotopic (exact) mass is 506 g/mol. The highest BCUT2D eigenvalue weighted by molar-refractivity contribution is 5.99. The summed E-state index contributed by atoms with van der Waals surface area (Å²) in [6, 6.07) is 2.43. The number of aliphatic hydroxyl groups excluding tert-OH is 7. The van der Waals surface area contributed by atoms with Gasteiger partial charge in [-0.15, -0.1) is 0 Å². The number of methoxy groups -OCH3 is 1. The van der Waals surface area contributed by atoms with E-state index in [9.17, 15) is 45.6 Å². The number of Topliss-reactive ketones (excluding diaryl/α,β-unsaturated/α-hetero) is 1. The highest BCUT2D eigenvalue weighted by Crippen LogP contribution is 2.36. The van der Waals surface area contributed by atoms with Crippen LogP contribution in [0.4, 0.5) is 0 Å². The van der Waals surface area contributed by atoms with Gasteiger partial charge in [-0.1, -0.05) is 0 Å². The Kier molecular flexibility index (Phi) is 8.87.